The van der Waals surface area contributed by atoms with Crippen LogP contribution in [0.15, 0.2) is 29.2 Å². The first kappa shape index (κ1) is 12.5. The van der Waals surface area contributed by atoms with Crippen LogP contribution in [0, 0.1) is 0 Å². The van der Waals surface area contributed by atoms with Crippen LogP contribution in [0.25, 0.3) is 0 Å². The van der Waals surface area contributed by atoms with Crippen molar-refractivity contribution in [3.05, 3.63) is 29.8 Å². The number of hydrogen-bond acceptors (Lipinski definition) is 4. The number of thioether (sulfide) groups is 1. The third-order valence-electron chi connectivity index (χ3n) is 2.67. The van der Waals surface area contributed by atoms with Crippen LogP contribution in [0.5, 0.6) is 0 Å². The van der Waals surface area contributed by atoms with Crippen molar-refractivity contribution in [2.24, 2.45) is 0 Å². The Labute approximate surface area is 106 Å². The molecular weight excluding hydrogens is 234 g/mol. The number of carbonyl (C=O) groups is 1. The van der Waals surface area contributed by atoms with E-state index in [2.05, 4.69) is 36.5 Å². The Kier molecular flexibility index (Phi) is 4.45. The number of esters is 1. The molecule has 4 heteroatoms. The molecular formula is C13H17NO2S. The molecule has 1 fully saturated rings. The van der Waals surface area contributed by atoms with Crippen LogP contribution in [0.4, 0.5) is 0 Å². The standard InChI is InChI=1S/C13H17NO2S/c1-2-14-9-10-3-5-11(6-4-10)17-12-7-8-16-13(12)15/h3-6,12,14H,2,7-9H2,1H3. The van der Waals surface area contributed by atoms with E-state index in [1.807, 2.05) is 0 Å². The molecule has 1 saturated heterocycles. The monoisotopic (exact) mass is 251 g/mol. The zero-order valence-corrected chi connectivity index (χ0v) is 10.8. The van der Waals surface area contributed by atoms with Crippen LogP contribution in [0.1, 0.15) is 18.9 Å². The molecule has 0 aliphatic carbocycles. The van der Waals surface area contributed by atoms with E-state index in [9.17, 15) is 4.79 Å². The van der Waals surface area contributed by atoms with Gasteiger partial charge in [0.2, 0.25) is 0 Å². The summed E-state index contributed by atoms with van der Waals surface area (Å²) in [6, 6.07) is 8.35. The molecule has 1 aromatic carbocycles. The second-order valence-electron chi connectivity index (χ2n) is 3.99. The Morgan fingerprint density at radius 2 is 2.18 bits per heavy atom. The first-order valence-corrected chi connectivity index (χ1v) is 6.80. The van der Waals surface area contributed by atoms with Gasteiger partial charge in [0.15, 0.2) is 0 Å². The number of cyclic esters (lactones) is 1. The van der Waals surface area contributed by atoms with Crippen molar-refractivity contribution in [1.29, 1.82) is 0 Å². The minimum Gasteiger partial charge on any atom is -0.465 e. The molecule has 0 bridgehead atoms. The summed E-state index contributed by atoms with van der Waals surface area (Å²) in [4.78, 5) is 12.5. The third-order valence-corrected chi connectivity index (χ3v) is 3.93. The highest BCUT2D eigenvalue weighted by atomic mass is 32.2. The number of benzene rings is 1. The number of carbonyl (C=O) groups excluding carboxylic acids is 1. The average molecular weight is 251 g/mol. The largest absolute Gasteiger partial charge is 0.465 e. The number of nitrogens with one attached hydrogen (secondary N) is 1. The van der Waals surface area contributed by atoms with Gasteiger partial charge in [-0.15, -0.1) is 11.8 Å². The van der Waals surface area contributed by atoms with Gasteiger partial charge in [-0.1, -0.05) is 19.1 Å². The fraction of sp³-hybridized carbons (Fsp3) is 0.462. The van der Waals surface area contributed by atoms with E-state index in [4.69, 9.17) is 4.74 Å². The Balaban J connectivity index is 1.91. The first-order valence-electron chi connectivity index (χ1n) is 5.92. The van der Waals surface area contributed by atoms with Crippen LogP contribution in [-0.4, -0.2) is 24.4 Å². The summed E-state index contributed by atoms with van der Waals surface area (Å²) in [6.45, 7) is 4.53. The molecule has 1 unspecified atom stereocenters. The van der Waals surface area contributed by atoms with Crippen LogP contribution >= 0.6 is 11.8 Å². The smallest absolute Gasteiger partial charge is 0.319 e. The SMILES string of the molecule is CCNCc1ccc(SC2CCOC2=O)cc1. The van der Waals surface area contributed by atoms with Gasteiger partial charge in [0, 0.05) is 17.9 Å². The van der Waals surface area contributed by atoms with E-state index in [-0.39, 0.29) is 11.2 Å². The summed E-state index contributed by atoms with van der Waals surface area (Å²) in [6.07, 6.45) is 0.822. The van der Waals surface area contributed by atoms with E-state index < -0.39 is 0 Å². The van der Waals surface area contributed by atoms with Crippen molar-refractivity contribution in [2.45, 2.75) is 30.0 Å². The lowest BCUT2D eigenvalue weighted by Crippen LogP contribution is -2.11. The van der Waals surface area contributed by atoms with Crippen molar-refractivity contribution < 1.29 is 9.53 Å². The van der Waals surface area contributed by atoms with Gasteiger partial charge >= 0.3 is 5.97 Å². The fourth-order valence-electron chi connectivity index (χ4n) is 1.70. The molecule has 1 N–H and O–H groups in total. The molecule has 3 nitrogen and oxygen atoms in total. The average Bonchev–Trinajstić information content (AvgIpc) is 2.74. The molecule has 2 rings (SSSR count). The van der Waals surface area contributed by atoms with Gasteiger partial charge < -0.3 is 10.1 Å². The van der Waals surface area contributed by atoms with Gasteiger partial charge in [0.25, 0.3) is 0 Å². The summed E-state index contributed by atoms with van der Waals surface area (Å²) in [7, 11) is 0. The number of ether oxygens (including phenoxy) is 1. The van der Waals surface area contributed by atoms with E-state index in [0.29, 0.717) is 6.61 Å². The highest BCUT2D eigenvalue weighted by Gasteiger charge is 2.27. The summed E-state index contributed by atoms with van der Waals surface area (Å²) in [5.74, 6) is -0.0771. The van der Waals surface area contributed by atoms with Gasteiger partial charge in [-0.05, 0) is 24.2 Å². The van der Waals surface area contributed by atoms with Gasteiger partial charge in [0.05, 0.1) is 6.61 Å². The van der Waals surface area contributed by atoms with E-state index in [1.54, 1.807) is 11.8 Å². The lowest BCUT2D eigenvalue weighted by atomic mass is 10.2. The molecule has 0 saturated carbocycles. The Hall–Kier alpha value is -1.00. The van der Waals surface area contributed by atoms with Crippen molar-refractivity contribution in [3.63, 3.8) is 0 Å². The normalized spacial score (nSPS) is 19.4. The lowest BCUT2D eigenvalue weighted by Gasteiger charge is -2.07. The van der Waals surface area contributed by atoms with E-state index in [0.717, 1.165) is 24.4 Å². The molecule has 1 aliphatic heterocycles. The highest BCUT2D eigenvalue weighted by Crippen LogP contribution is 2.29. The maximum Gasteiger partial charge on any atom is 0.319 e. The van der Waals surface area contributed by atoms with E-state index in [1.165, 1.54) is 5.56 Å². The van der Waals surface area contributed by atoms with Gasteiger partial charge in [-0.2, -0.15) is 0 Å². The molecule has 17 heavy (non-hydrogen) atoms. The maximum absolute atomic E-state index is 11.3. The minimum absolute atomic E-state index is 0.0189. The molecule has 1 atom stereocenters. The minimum atomic E-state index is -0.0771. The lowest BCUT2D eigenvalue weighted by molar-refractivity contribution is -0.137. The van der Waals surface area contributed by atoms with Crippen LogP contribution in [-0.2, 0) is 16.1 Å². The van der Waals surface area contributed by atoms with E-state index >= 15 is 0 Å². The van der Waals surface area contributed by atoms with Crippen LogP contribution < -0.4 is 5.32 Å². The highest BCUT2D eigenvalue weighted by molar-refractivity contribution is 8.00. The van der Waals surface area contributed by atoms with Gasteiger partial charge in [-0.3, -0.25) is 4.79 Å². The maximum atomic E-state index is 11.3. The van der Waals surface area contributed by atoms with Gasteiger partial charge in [0.1, 0.15) is 5.25 Å². The molecule has 0 amide bonds. The van der Waals surface area contributed by atoms with Crippen LogP contribution in [0.2, 0.25) is 0 Å². The summed E-state index contributed by atoms with van der Waals surface area (Å²) >= 11 is 1.60. The van der Waals surface area contributed by atoms with Gasteiger partial charge in [-0.25, -0.2) is 0 Å². The zero-order valence-electron chi connectivity index (χ0n) is 9.94. The predicted molar refractivity (Wildman–Crippen MR) is 69.0 cm³/mol. The molecule has 1 aliphatic rings. The third kappa shape index (κ3) is 3.48. The molecule has 1 heterocycles. The molecule has 92 valence electrons. The second-order valence-corrected chi connectivity index (χ2v) is 5.26. The number of rotatable bonds is 5. The van der Waals surface area contributed by atoms with Crippen molar-refractivity contribution >= 4 is 17.7 Å². The molecule has 0 radical (unpaired) electrons. The Morgan fingerprint density at radius 1 is 1.41 bits per heavy atom. The number of hydrogen-bond donors (Lipinski definition) is 1. The predicted octanol–water partition coefficient (Wildman–Crippen LogP) is 2.20. The molecule has 0 spiro atoms. The summed E-state index contributed by atoms with van der Waals surface area (Å²) in [5, 5.41) is 3.26. The molecule has 0 aromatic heterocycles. The second kappa shape index (κ2) is 6.07. The Morgan fingerprint density at radius 3 is 2.76 bits per heavy atom. The molecule has 1 aromatic rings. The summed E-state index contributed by atoms with van der Waals surface area (Å²) in [5.41, 5.74) is 1.27. The fourth-order valence-corrected chi connectivity index (χ4v) is 2.70. The van der Waals surface area contributed by atoms with Crippen molar-refractivity contribution in [2.75, 3.05) is 13.2 Å². The van der Waals surface area contributed by atoms with Crippen molar-refractivity contribution in [3.8, 4) is 0 Å². The summed E-state index contributed by atoms with van der Waals surface area (Å²) < 4.78 is 4.94. The Bertz CT molecular complexity index is 378. The quantitative estimate of drug-likeness (QED) is 0.814. The topological polar surface area (TPSA) is 38.3 Å². The van der Waals surface area contributed by atoms with Crippen molar-refractivity contribution in [1.82, 2.24) is 5.32 Å². The zero-order chi connectivity index (χ0) is 12.1. The first-order chi connectivity index (χ1) is 8.29. The van der Waals surface area contributed by atoms with Crippen LogP contribution in [0.3, 0.4) is 0 Å².